The molecule has 0 bridgehead atoms. The number of hydrogen-bond donors (Lipinski definition) is 1. The summed E-state index contributed by atoms with van der Waals surface area (Å²) in [4.78, 5) is 11.0. The normalized spacial score (nSPS) is 10.3. The van der Waals surface area contributed by atoms with E-state index in [-0.39, 0.29) is 0 Å². The monoisotopic (exact) mass is 282 g/mol. The summed E-state index contributed by atoms with van der Waals surface area (Å²) in [5.41, 5.74) is 1.80. The molecule has 0 aliphatic rings. The third kappa shape index (κ3) is 3.03. The molecular weight excluding hydrogens is 272 g/mol. The molecule has 1 aromatic heterocycles. The number of rotatable bonds is 4. The predicted octanol–water partition coefficient (Wildman–Crippen LogP) is 3.99. The zero-order chi connectivity index (χ0) is 13.1. The van der Waals surface area contributed by atoms with Gasteiger partial charge in [-0.05, 0) is 42.1 Å². The van der Waals surface area contributed by atoms with Crippen LogP contribution in [0.4, 0.5) is 0 Å². The van der Waals surface area contributed by atoms with Crippen LogP contribution in [0.1, 0.15) is 20.8 Å². The first-order valence-electron chi connectivity index (χ1n) is 5.26. The van der Waals surface area contributed by atoms with Gasteiger partial charge in [-0.3, -0.25) is 0 Å². The molecule has 3 nitrogen and oxygen atoms in total. The molecule has 1 N–H and O–H groups in total. The number of carboxylic acid groups (broad SMARTS) is 1. The van der Waals surface area contributed by atoms with Crippen molar-refractivity contribution in [3.8, 4) is 5.75 Å². The molecule has 0 unspecified atom stereocenters. The van der Waals surface area contributed by atoms with Crippen LogP contribution in [-0.4, -0.2) is 11.1 Å². The molecule has 1 aromatic carbocycles. The second-order valence-corrected chi connectivity index (χ2v) is 5.14. The Morgan fingerprint density at radius 2 is 2.22 bits per heavy atom. The first kappa shape index (κ1) is 12.9. The van der Waals surface area contributed by atoms with E-state index in [1.54, 1.807) is 23.6 Å². The van der Waals surface area contributed by atoms with Gasteiger partial charge in [0.25, 0.3) is 0 Å². The standard InChI is InChI=1S/C13H11ClO3S/c1-8-4-10(2-3-11(8)14)17-6-9-5-12(13(15)16)18-7-9/h2-5,7H,6H2,1H3,(H,15,16). The van der Waals surface area contributed by atoms with Crippen molar-refractivity contribution in [1.82, 2.24) is 0 Å². The maximum Gasteiger partial charge on any atom is 0.345 e. The van der Waals surface area contributed by atoms with E-state index in [1.807, 2.05) is 13.0 Å². The van der Waals surface area contributed by atoms with Gasteiger partial charge in [0.2, 0.25) is 0 Å². The summed E-state index contributed by atoms with van der Waals surface area (Å²) >= 11 is 7.11. The summed E-state index contributed by atoms with van der Waals surface area (Å²) in [5.74, 6) is -0.187. The van der Waals surface area contributed by atoms with Gasteiger partial charge in [0.1, 0.15) is 17.2 Å². The highest BCUT2D eigenvalue weighted by Gasteiger charge is 2.07. The summed E-state index contributed by atoms with van der Waals surface area (Å²) in [6.07, 6.45) is 0. The van der Waals surface area contributed by atoms with Crippen molar-refractivity contribution in [2.75, 3.05) is 0 Å². The van der Waals surface area contributed by atoms with Gasteiger partial charge in [-0.25, -0.2) is 4.79 Å². The second kappa shape index (κ2) is 5.42. The van der Waals surface area contributed by atoms with Gasteiger partial charge in [-0.2, -0.15) is 0 Å². The number of halogens is 1. The molecule has 0 saturated heterocycles. The Balaban J connectivity index is 2.02. The lowest BCUT2D eigenvalue weighted by molar-refractivity contribution is 0.0702. The Labute approximate surface area is 114 Å². The lowest BCUT2D eigenvalue weighted by Gasteiger charge is -2.06. The fourth-order valence-corrected chi connectivity index (χ4v) is 2.29. The van der Waals surface area contributed by atoms with E-state index in [0.717, 1.165) is 16.9 Å². The van der Waals surface area contributed by atoms with E-state index in [0.29, 0.717) is 16.5 Å². The lowest BCUT2D eigenvalue weighted by Crippen LogP contribution is -1.95. The van der Waals surface area contributed by atoms with Crippen LogP contribution >= 0.6 is 22.9 Å². The van der Waals surface area contributed by atoms with Crippen LogP contribution in [0.2, 0.25) is 5.02 Å². The van der Waals surface area contributed by atoms with Crippen molar-refractivity contribution >= 4 is 28.9 Å². The highest BCUT2D eigenvalue weighted by atomic mass is 35.5. The predicted molar refractivity (Wildman–Crippen MR) is 71.8 cm³/mol. The summed E-state index contributed by atoms with van der Waals surface area (Å²) in [5, 5.41) is 11.3. The number of aryl methyl sites for hydroxylation is 1. The van der Waals surface area contributed by atoms with Crippen LogP contribution in [0.15, 0.2) is 29.6 Å². The second-order valence-electron chi connectivity index (χ2n) is 3.82. The number of aromatic carboxylic acids is 1. The van der Waals surface area contributed by atoms with E-state index < -0.39 is 5.97 Å². The molecule has 1 heterocycles. The average Bonchev–Trinajstić information content (AvgIpc) is 2.79. The van der Waals surface area contributed by atoms with Gasteiger partial charge < -0.3 is 9.84 Å². The smallest absolute Gasteiger partial charge is 0.345 e. The number of carboxylic acids is 1. The van der Waals surface area contributed by atoms with Crippen LogP contribution in [0.3, 0.4) is 0 Å². The van der Waals surface area contributed by atoms with Crippen molar-refractivity contribution in [2.45, 2.75) is 13.5 Å². The minimum atomic E-state index is -0.909. The van der Waals surface area contributed by atoms with E-state index in [2.05, 4.69) is 0 Å². The zero-order valence-electron chi connectivity index (χ0n) is 9.64. The Morgan fingerprint density at radius 1 is 1.44 bits per heavy atom. The van der Waals surface area contributed by atoms with Crippen LogP contribution in [0, 0.1) is 6.92 Å². The molecular formula is C13H11ClO3S. The Hall–Kier alpha value is -1.52. The highest BCUT2D eigenvalue weighted by Crippen LogP contribution is 2.22. The average molecular weight is 283 g/mol. The number of carbonyl (C=O) groups is 1. The Morgan fingerprint density at radius 3 is 2.83 bits per heavy atom. The van der Waals surface area contributed by atoms with Crippen molar-refractivity contribution in [2.24, 2.45) is 0 Å². The zero-order valence-corrected chi connectivity index (χ0v) is 11.2. The number of ether oxygens (including phenoxy) is 1. The molecule has 0 spiro atoms. The minimum absolute atomic E-state index is 0.320. The van der Waals surface area contributed by atoms with E-state index in [4.69, 9.17) is 21.4 Å². The van der Waals surface area contributed by atoms with E-state index >= 15 is 0 Å². The molecule has 0 atom stereocenters. The molecule has 0 aliphatic heterocycles. The fraction of sp³-hybridized carbons (Fsp3) is 0.154. The van der Waals surface area contributed by atoms with Gasteiger partial charge in [0.15, 0.2) is 0 Å². The van der Waals surface area contributed by atoms with Crippen LogP contribution < -0.4 is 4.74 Å². The number of hydrogen-bond acceptors (Lipinski definition) is 3. The van der Waals surface area contributed by atoms with Crippen LogP contribution in [0.5, 0.6) is 5.75 Å². The van der Waals surface area contributed by atoms with Crippen molar-refractivity contribution in [3.05, 3.63) is 50.7 Å². The molecule has 0 amide bonds. The molecule has 5 heteroatoms. The summed E-state index contributed by atoms with van der Waals surface area (Å²) < 4.78 is 5.58. The third-order valence-corrected chi connectivity index (χ3v) is 3.79. The van der Waals surface area contributed by atoms with Gasteiger partial charge in [-0.15, -0.1) is 11.3 Å². The Kier molecular flexibility index (Phi) is 3.89. The van der Waals surface area contributed by atoms with Crippen molar-refractivity contribution in [1.29, 1.82) is 0 Å². The van der Waals surface area contributed by atoms with E-state index in [1.165, 1.54) is 11.3 Å². The molecule has 0 radical (unpaired) electrons. The SMILES string of the molecule is Cc1cc(OCc2csc(C(=O)O)c2)ccc1Cl. The molecule has 94 valence electrons. The molecule has 0 aliphatic carbocycles. The van der Waals surface area contributed by atoms with Crippen molar-refractivity contribution in [3.63, 3.8) is 0 Å². The number of benzene rings is 1. The molecule has 18 heavy (non-hydrogen) atoms. The summed E-state index contributed by atoms with van der Waals surface area (Å²) in [6, 6.07) is 7.05. The third-order valence-electron chi connectivity index (χ3n) is 2.40. The van der Waals surface area contributed by atoms with Crippen LogP contribution in [0.25, 0.3) is 0 Å². The maximum absolute atomic E-state index is 10.7. The van der Waals surface area contributed by atoms with Gasteiger partial charge >= 0.3 is 5.97 Å². The van der Waals surface area contributed by atoms with Gasteiger partial charge in [-0.1, -0.05) is 11.6 Å². The topological polar surface area (TPSA) is 46.5 Å². The quantitative estimate of drug-likeness (QED) is 0.922. The Bertz CT molecular complexity index is 577. The van der Waals surface area contributed by atoms with Gasteiger partial charge in [0, 0.05) is 10.6 Å². The van der Waals surface area contributed by atoms with E-state index in [9.17, 15) is 4.79 Å². The largest absolute Gasteiger partial charge is 0.489 e. The minimum Gasteiger partial charge on any atom is -0.489 e. The summed E-state index contributed by atoms with van der Waals surface area (Å²) in [7, 11) is 0. The maximum atomic E-state index is 10.7. The number of thiophene rings is 1. The molecule has 2 rings (SSSR count). The molecule has 2 aromatic rings. The highest BCUT2D eigenvalue weighted by molar-refractivity contribution is 7.12. The van der Waals surface area contributed by atoms with Gasteiger partial charge in [0.05, 0.1) is 0 Å². The van der Waals surface area contributed by atoms with Crippen LogP contribution in [-0.2, 0) is 6.61 Å². The summed E-state index contributed by atoms with van der Waals surface area (Å²) in [6.45, 7) is 2.26. The molecule has 0 saturated carbocycles. The lowest BCUT2D eigenvalue weighted by atomic mass is 10.2. The fourth-order valence-electron chi connectivity index (χ4n) is 1.44. The first-order chi connectivity index (χ1) is 8.56. The molecule has 0 fully saturated rings. The first-order valence-corrected chi connectivity index (χ1v) is 6.51. The van der Waals surface area contributed by atoms with Crippen molar-refractivity contribution < 1.29 is 14.6 Å².